The fraction of sp³-hybridized carbons (Fsp3) is 0.556. The van der Waals surface area contributed by atoms with Gasteiger partial charge in [-0.25, -0.2) is 0 Å². The molecule has 2 saturated heterocycles. The minimum atomic E-state index is -0.753. The van der Waals surface area contributed by atoms with Gasteiger partial charge >= 0.3 is 5.97 Å². The molecule has 1 aromatic rings. The molecule has 1 aromatic carbocycles. The number of carboxylic acid groups (broad SMARTS) is 1. The lowest BCUT2D eigenvalue weighted by molar-refractivity contribution is -0.137. The van der Waals surface area contributed by atoms with Crippen molar-refractivity contribution in [1.29, 1.82) is 0 Å². The average molecular weight is 366 g/mol. The number of hydrogen-bond donors (Lipinski definition) is 1. The molecule has 2 aliphatic heterocycles. The van der Waals surface area contributed by atoms with E-state index in [0.717, 1.165) is 24.9 Å². The normalized spacial score (nSPS) is 21.8. The van der Waals surface area contributed by atoms with E-state index in [0.29, 0.717) is 23.5 Å². The molecule has 24 heavy (non-hydrogen) atoms. The van der Waals surface area contributed by atoms with Gasteiger partial charge in [0.2, 0.25) is 0 Å². The second kappa shape index (κ2) is 8.30. The summed E-state index contributed by atoms with van der Waals surface area (Å²) in [7, 11) is 0. The molecule has 3 rings (SSSR count). The molecule has 0 bridgehead atoms. The number of amides is 1. The fourth-order valence-corrected chi connectivity index (χ4v) is 6.19. The van der Waals surface area contributed by atoms with Gasteiger partial charge in [-0.3, -0.25) is 9.59 Å². The van der Waals surface area contributed by atoms with Crippen molar-refractivity contribution >= 4 is 35.4 Å². The first-order valence-electron chi connectivity index (χ1n) is 8.48. The lowest BCUT2D eigenvalue weighted by Gasteiger charge is -2.32. The Morgan fingerprint density at radius 3 is 2.54 bits per heavy atom. The predicted octanol–water partition coefficient (Wildman–Crippen LogP) is 3.88. The van der Waals surface area contributed by atoms with E-state index >= 15 is 0 Å². The van der Waals surface area contributed by atoms with E-state index < -0.39 is 5.97 Å². The predicted molar refractivity (Wildman–Crippen MR) is 99.6 cm³/mol. The van der Waals surface area contributed by atoms with Crippen LogP contribution < -0.4 is 0 Å². The van der Waals surface area contributed by atoms with Crippen LogP contribution in [0.2, 0.25) is 0 Å². The third-order valence-corrected chi connectivity index (χ3v) is 7.73. The van der Waals surface area contributed by atoms with Crippen LogP contribution >= 0.6 is 23.5 Å². The molecular formula is C18H23NO3S2. The minimum Gasteiger partial charge on any atom is -0.481 e. The summed E-state index contributed by atoms with van der Waals surface area (Å²) in [6, 6.07) is 8.04. The summed E-state index contributed by atoms with van der Waals surface area (Å²) in [5.74, 6) is 2.03. The molecule has 0 aromatic heterocycles. The summed E-state index contributed by atoms with van der Waals surface area (Å²) in [5.41, 5.74) is 2.03. The first kappa shape index (κ1) is 17.7. The number of piperidine rings is 1. The van der Waals surface area contributed by atoms with Crippen molar-refractivity contribution < 1.29 is 14.7 Å². The van der Waals surface area contributed by atoms with E-state index in [2.05, 4.69) is 12.1 Å². The van der Waals surface area contributed by atoms with Gasteiger partial charge in [0.25, 0.3) is 5.91 Å². The summed E-state index contributed by atoms with van der Waals surface area (Å²) in [5, 5.41) is 8.83. The number of benzene rings is 1. The van der Waals surface area contributed by atoms with Crippen molar-refractivity contribution in [2.45, 2.75) is 30.3 Å². The van der Waals surface area contributed by atoms with E-state index in [-0.39, 0.29) is 12.3 Å². The molecule has 2 fully saturated rings. The van der Waals surface area contributed by atoms with Gasteiger partial charge in [-0.15, -0.1) is 23.5 Å². The minimum absolute atomic E-state index is 0.0771. The van der Waals surface area contributed by atoms with Gasteiger partial charge in [0.1, 0.15) is 0 Å². The van der Waals surface area contributed by atoms with Crippen molar-refractivity contribution in [2.24, 2.45) is 5.92 Å². The smallest absolute Gasteiger partial charge is 0.303 e. The Kier molecular flexibility index (Phi) is 6.11. The molecule has 0 aliphatic carbocycles. The number of rotatable bonds is 5. The maximum absolute atomic E-state index is 12.7. The quantitative estimate of drug-likeness (QED) is 0.858. The van der Waals surface area contributed by atoms with Crippen molar-refractivity contribution in [2.75, 3.05) is 24.6 Å². The molecule has 1 atom stereocenters. The SMILES string of the molecule is O=C(O)CCC1CCCN(C(=O)c2ccc(C3SCCS3)cc2)C1. The lowest BCUT2D eigenvalue weighted by Crippen LogP contribution is -2.40. The molecule has 0 radical (unpaired) electrons. The number of aliphatic carboxylic acids is 1. The van der Waals surface area contributed by atoms with E-state index in [1.54, 1.807) is 0 Å². The highest BCUT2D eigenvalue weighted by Gasteiger charge is 2.25. The molecule has 6 heteroatoms. The second-order valence-corrected chi connectivity index (χ2v) is 9.11. The number of carbonyl (C=O) groups is 2. The van der Waals surface area contributed by atoms with Gasteiger partial charge in [0, 0.05) is 36.6 Å². The Morgan fingerprint density at radius 2 is 1.88 bits per heavy atom. The number of thioether (sulfide) groups is 2. The Balaban J connectivity index is 1.59. The second-order valence-electron chi connectivity index (χ2n) is 6.39. The van der Waals surface area contributed by atoms with Crippen molar-refractivity contribution in [3.05, 3.63) is 35.4 Å². The topological polar surface area (TPSA) is 57.6 Å². The van der Waals surface area contributed by atoms with Gasteiger partial charge in [0.15, 0.2) is 0 Å². The Bertz CT molecular complexity index is 584. The van der Waals surface area contributed by atoms with Crippen LogP contribution in [0.25, 0.3) is 0 Å². The monoisotopic (exact) mass is 365 g/mol. The zero-order valence-electron chi connectivity index (χ0n) is 13.6. The number of hydrogen-bond acceptors (Lipinski definition) is 4. The van der Waals surface area contributed by atoms with Crippen LogP contribution in [0.1, 0.15) is 46.2 Å². The van der Waals surface area contributed by atoms with Crippen LogP contribution in [-0.4, -0.2) is 46.5 Å². The maximum atomic E-state index is 12.7. The molecule has 2 aliphatic rings. The maximum Gasteiger partial charge on any atom is 0.303 e. The van der Waals surface area contributed by atoms with Crippen LogP contribution in [0.5, 0.6) is 0 Å². The van der Waals surface area contributed by atoms with Crippen molar-refractivity contribution in [1.82, 2.24) is 4.90 Å². The molecule has 4 nitrogen and oxygen atoms in total. The van der Waals surface area contributed by atoms with Gasteiger partial charge in [-0.1, -0.05) is 12.1 Å². The molecule has 130 valence electrons. The Morgan fingerprint density at radius 1 is 1.17 bits per heavy atom. The van der Waals surface area contributed by atoms with Crippen molar-refractivity contribution in [3.8, 4) is 0 Å². The van der Waals surface area contributed by atoms with E-state index in [9.17, 15) is 9.59 Å². The first-order valence-corrected chi connectivity index (χ1v) is 10.6. The summed E-state index contributed by atoms with van der Waals surface area (Å²) < 4.78 is 0.504. The van der Waals surface area contributed by atoms with Crippen LogP contribution in [-0.2, 0) is 4.79 Å². The summed E-state index contributed by atoms with van der Waals surface area (Å²) >= 11 is 3.93. The van der Waals surface area contributed by atoms with E-state index in [1.165, 1.54) is 17.1 Å². The van der Waals surface area contributed by atoms with Gasteiger partial charge in [-0.2, -0.15) is 0 Å². The molecule has 1 N–H and O–H groups in total. The molecule has 1 unspecified atom stereocenters. The summed E-state index contributed by atoms with van der Waals surface area (Å²) in [6.45, 7) is 1.46. The van der Waals surface area contributed by atoms with Gasteiger partial charge in [0.05, 0.1) is 4.58 Å². The van der Waals surface area contributed by atoms with Crippen LogP contribution in [0.15, 0.2) is 24.3 Å². The zero-order chi connectivity index (χ0) is 16.9. The number of likely N-dealkylation sites (tertiary alicyclic amines) is 1. The third kappa shape index (κ3) is 4.48. The first-order chi connectivity index (χ1) is 11.6. The highest BCUT2D eigenvalue weighted by molar-refractivity contribution is 8.19. The molecule has 1 amide bonds. The zero-order valence-corrected chi connectivity index (χ0v) is 15.3. The standard InChI is InChI=1S/C18H23NO3S2/c20-16(21)8-3-13-2-1-9-19(12-13)17(22)14-4-6-15(7-5-14)18-23-10-11-24-18/h4-7,13,18H,1-3,8-12H2,(H,20,21). The fourth-order valence-electron chi connectivity index (χ4n) is 3.33. The highest BCUT2D eigenvalue weighted by Crippen LogP contribution is 2.45. The number of carbonyl (C=O) groups excluding carboxylic acids is 1. The Labute approximate surface area is 151 Å². The average Bonchev–Trinajstić information content (AvgIpc) is 3.14. The van der Waals surface area contributed by atoms with Crippen molar-refractivity contribution in [3.63, 3.8) is 0 Å². The largest absolute Gasteiger partial charge is 0.481 e. The third-order valence-electron chi connectivity index (χ3n) is 4.62. The summed E-state index contributed by atoms with van der Waals surface area (Å²) in [4.78, 5) is 25.3. The Hall–Kier alpha value is -1.14. The molecular weight excluding hydrogens is 342 g/mol. The van der Waals surface area contributed by atoms with E-state index in [1.807, 2.05) is 40.6 Å². The molecule has 0 saturated carbocycles. The number of carboxylic acids is 1. The van der Waals surface area contributed by atoms with Gasteiger partial charge in [-0.05, 0) is 42.9 Å². The lowest BCUT2D eigenvalue weighted by atomic mass is 9.93. The van der Waals surface area contributed by atoms with Crippen LogP contribution in [0.3, 0.4) is 0 Å². The van der Waals surface area contributed by atoms with Gasteiger partial charge < -0.3 is 10.0 Å². The van der Waals surface area contributed by atoms with Crippen LogP contribution in [0.4, 0.5) is 0 Å². The molecule has 0 spiro atoms. The highest BCUT2D eigenvalue weighted by atomic mass is 32.2. The summed E-state index contributed by atoms with van der Waals surface area (Å²) in [6.07, 6.45) is 2.84. The van der Waals surface area contributed by atoms with E-state index in [4.69, 9.17) is 5.11 Å². The van der Waals surface area contributed by atoms with Crippen LogP contribution in [0, 0.1) is 5.92 Å². The number of nitrogens with zero attached hydrogens (tertiary/aromatic N) is 1. The molecule has 2 heterocycles.